The summed E-state index contributed by atoms with van der Waals surface area (Å²) < 4.78 is 0. The smallest absolute Gasteiger partial charge is 0.0443 e. The van der Waals surface area contributed by atoms with Gasteiger partial charge in [-0.3, -0.25) is 0 Å². The Bertz CT molecular complexity index is 100. The summed E-state index contributed by atoms with van der Waals surface area (Å²) in [6.07, 6.45) is 14.9. The first-order valence-corrected chi connectivity index (χ1v) is 9.79. The molecule has 0 atom stereocenters. The van der Waals surface area contributed by atoms with Gasteiger partial charge in [0.25, 0.3) is 0 Å². The lowest BCUT2D eigenvalue weighted by molar-refractivity contribution is 0.385. The Morgan fingerprint density at radius 2 is 0.600 bits per heavy atom. The molecule has 0 spiro atoms. The fourth-order valence-electron chi connectivity index (χ4n) is 2.61. The number of hydrogen-bond acceptors (Lipinski definition) is 0. The molecule has 0 aliphatic heterocycles. The van der Waals surface area contributed by atoms with Crippen LogP contribution in [0.2, 0.25) is 0 Å². The fraction of sp³-hybridized carbons (Fsp3) is 1.00. The predicted octanol–water partition coefficient (Wildman–Crippen LogP) is 8.25. The van der Waals surface area contributed by atoms with E-state index in [1.54, 1.807) is 0 Å². The van der Waals surface area contributed by atoms with Crippen LogP contribution in [0.25, 0.3) is 0 Å². The first-order valence-electron chi connectivity index (χ1n) is 9.79. The van der Waals surface area contributed by atoms with Crippen LogP contribution in [0.4, 0.5) is 0 Å². The van der Waals surface area contributed by atoms with Crippen molar-refractivity contribution in [2.45, 2.75) is 120 Å². The van der Waals surface area contributed by atoms with Crippen molar-refractivity contribution in [3.05, 3.63) is 0 Å². The van der Waals surface area contributed by atoms with Crippen molar-refractivity contribution in [2.24, 2.45) is 11.8 Å². The largest absolute Gasteiger partial charge is 0.0683 e. The maximum Gasteiger partial charge on any atom is -0.0443 e. The van der Waals surface area contributed by atoms with E-state index in [1.165, 1.54) is 64.2 Å². The van der Waals surface area contributed by atoms with E-state index in [2.05, 4.69) is 13.8 Å². The van der Waals surface area contributed by atoms with Crippen molar-refractivity contribution in [3.63, 3.8) is 0 Å². The van der Waals surface area contributed by atoms with Gasteiger partial charge in [0.15, 0.2) is 0 Å². The number of rotatable bonds is 0. The van der Waals surface area contributed by atoms with E-state index in [1.807, 2.05) is 41.5 Å². The summed E-state index contributed by atoms with van der Waals surface area (Å²) in [5.74, 6) is 2.07. The Balaban J connectivity index is -0.000000211. The molecule has 0 bridgehead atoms. The zero-order valence-corrected chi connectivity index (χ0v) is 16.2. The molecule has 0 aromatic heterocycles. The van der Waals surface area contributed by atoms with Crippen LogP contribution < -0.4 is 0 Å². The van der Waals surface area contributed by atoms with Gasteiger partial charge in [-0.2, -0.15) is 0 Å². The summed E-state index contributed by atoms with van der Waals surface area (Å²) >= 11 is 0. The zero-order valence-electron chi connectivity index (χ0n) is 16.2. The molecule has 126 valence electrons. The molecule has 0 saturated heterocycles. The van der Waals surface area contributed by atoms with Crippen molar-refractivity contribution < 1.29 is 0 Å². The minimum Gasteiger partial charge on any atom is -0.0683 e. The molecule has 0 heterocycles. The molecule has 0 N–H and O–H groups in total. The standard InChI is InChI=1S/2C7H14.3C2H6/c2*1-7-5-3-2-4-6-7;3*1-2/h2*7H,2-6H2,1H3;3*1-2H3. The van der Waals surface area contributed by atoms with Gasteiger partial charge in [0, 0.05) is 0 Å². The molecule has 0 unspecified atom stereocenters. The van der Waals surface area contributed by atoms with E-state index in [9.17, 15) is 0 Å². The third-order valence-corrected chi connectivity index (χ3v) is 3.79. The zero-order chi connectivity index (χ0) is 16.2. The minimum atomic E-state index is 1.04. The quantitative estimate of drug-likeness (QED) is 0.420. The average molecular weight is 287 g/mol. The highest BCUT2D eigenvalue weighted by Gasteiger charge is 2.06. The molecule has 0 nitrogen and oxygen atoms in total. The van der Waals surface area contributed by atoms with Crippen molar-refractivity contribution in [1.29, 1.82) is 0 Å². The molecular formula is C20H46. The maximum atomic E-state index is 2.36. The summed E-state index contributed by atoms with van der Waals surface area (Å²) in [7, 11) is 0. The second-order valence-corrected chi connectivity index (χ2v) is 5.49. The van der Waals surface area contributed by atoms with Crippen LogP contribution in [0.1, 0.15) is 120 Å². The van der Waals surface area contributed by atoms with Gasteiger partial charge in [-0.1, -0.05) is 120 Å². The third kappa shape index (κ3) is 20.3. The average Bonchev–Trinajstić information content (AvgIpc) is 2.55. The highest BCUT2D eigenvalue weighted by molar-refractivity contribution is 4.60. The normalized spacial score (nSPS) is 18.6. The Kier molecular flexibility index (Phi) is 30.0. The molecule has 2 saturated carbocycles. The van der Waals surface area contributed by atoms with Crippen molar-refractivity contribution >= 4 is 0 Å². The first kappa shape index (κ1) is 25.0. The summed E-state index contributed by atoms with van der Waals surface area (Å²) in [4.78, 5) is 0. The molecule has 2 rings (SSSR count). The first-order chi connectivity index (χ1) is 9.79. The van der Waals surface area contributed by atoms with E-state index in [0.717, 1.165) is 11.8 Å². The van der Waals surface area contributed by atoms with Gasteiger partial charge in [0.2, 0.25) is 0 Å². The lowest BCUT2D eigenvalue weighted by Crippen LogP contribution is -1.99. The van der Waals surface area contributed by atoms with Gasteiger partial charge >= 0.3 is 0 Å². The number of hydrogen-bond donors (Lipinski definition) is 0. The monoisotopic (exact) mass is 286 g/mol. The highest BCUT2D eigenvalue weighted by Crippen LogP contribution is 2.22. The summed E-state index contributed by atoms with van der Waals surface area (Å²) in [5.41, 5.74) is 0. The molecule has 0 aromatic rings. The van der Waals surface area contributed by atoms with Crippen LogP contribution >= 0.6 is 0 Å². The van der Waals surface area contributed by atoms with Gasteiger partial charge in [-0.25, -0.2) is 0 Å². The van der Waals surface area contributed by atoms with Crippen LogP contribution in [0.3, 0.4) is 0 Å². The fourth-order valence-corrected chi connectivity index (χ4v) is 2.61. The lowest BCUT2D eigenvalue weighted by Gasteiger charge is -2.15. The maximum absolute atomic E-state index is 2.36. The molecule has 20 heavy (non-hydrogen) atoms. The van der Waals surface area contributed by atoms with E-state index in [4.69, 9.17) is 0 Å². The highest BCUT2D eigenvalue weighted by atomic mass is 14.1. The van der Waals surface area contributed by atoms with Gasteiger partial charge in [-0.15, -0.1) is 0 Å². The Morgan fingerprint density at radius 3 is 0.700 bits per heavy atom. The second kappa shape index (κ2) is 24.0. The molecule has 2 fully saturated rings. The second-order valence-electron chi connectivity index (χ2n) is 5.49. The van der Waals surface area contributed by atoms with E-state index in [0.29, 0.717) is 0 Å². The minimum absolute atomic E-state index is 1.04. The molecule has 0 aromatic carbocycles. The van der Waals surface area contributed by atoms with Crippen molar-refractivity contribution in [2.75, 3.05) is 0 Å². The van der Waals surface area contributed by atoms with E-state index >= 15 is 0 Å². The third-order valence-electron chi connectivity index (χ3n) is 3.79. The Labute approximate surface area is 132 Å². The molecule has 0 heteroatoms. The summed E-state index contributed by atoms with van der Waals surface area (Å²) in [6.45, 7) is 16.7. The van der Waals surface area contributed by atoms with Crippen molar-refractivity contribution in [1.82, 2.24) is 0 Å². The van der Waals surface area contributed by atoms with Crippen LogP contribution in [-0.2, 0) is 0 Å². The predicted molar refractivity (Wildman–Crippen MR) is 98.5 cm³/mol. The topological polar surface area (TPSA) is 0 Å². The van der Waals surface area contributed by atoms with Crippen LogP contribution in [0.15, 0.2) is 0 Å². The lowest BCUT2D eigenvalue weighted by atomic mass is 9.91. The van der Waals surface area contributed by atoms with Crippen LogP contribution in [0, 0.1) is 11.8 Å². The van der Waals surface area contributed by atoms with Gasteiger partial charge in [0.05, 0.1) is 0 Å². The van der Waals surface area contributed by atoms with E-state index in [-0.39, 0.29) is 0 Å². The van der Waals surface area contributed by atoms with Crippen molar-refractivity contribution in [3.8, 4) is 0 Å². The van der Waals surface area contributed by atoms with Gasteiger partial charge in [-0.05, 0) is 11.8 Å². The van der Waals surface area contributed by atoms with Crippen LogP contribution in [0.5, 0.6) is 0 Å². The molecule has 2 aliphatic rings. The summed E-state index contributed by atoms with van der Waals surface area (Å²) in [5, 5.41) is 0. The Morgan fingerprint density at radius 1 is 0.400 bits per heavy atom. The molecular weight excluding hydrogens is 240 g/mol. The molecule has 0 radical (unpaired) electrons. The molecule has 2 aliphatic carbocycles. The van der Waals surface area contributed by atoms with E-state index < -0.39 is 0 Å². The van der Waals surface area contributed by atoms with Crippen LogP contribution in [-0.4, -0.2) is 0 Å². The molecule has 0 amide bonds. The summed E-state index contributed by atoms with van der Waals surface area (Å²) in [6, 6.07) is 0. The Hall–Kier alpha value is 0. The van der Waals surface area contributed by atoms with Gasteiger partial charge < -0.3 is 0 Å². The SMILES string of the molecule is CC.CC.CC.CC1CCCCC1.CC1CCCCC1. The van der Waals surface area contributed by atoms with Gasteiger partial charge in [0.1, 0.15) is 0 Å².